The number of hydrogen-bond donors (Lipinski definition) is 2. The topological polar surface area (TPSA) is 72.5 Å². The number of urea groups is 1. The average Bonchev–Trinajstić information content (AvgIpc) is 2.68. The largest absolute Gasteiger partial charge is 0.481 e. The van der Waals surface area contributed by atoms with Gasteiger partial charge in [0.05, 0.1) is 12.8 Å². The molecule has 0 atom stereocenters. The van der Waals surface area contributed by atoms with Gasteiger partial charge in [0.25, 0.3) is 0 Å². The number of carbonyl (C=O) groups is 1. The van der Waals surface area contributed by atoms with Crippen LogP contribution in [-0.2, 0) is 6.54 Å². The molecule has 0 spiro atoms. The Morgan fingerprint density at radius 1 is 1.07 bits per heavy atom. The standard InChI is InChI=1S/C21H21N3O3/c1-15-6-5-7-17(12-15)27-19-9-4-3-8-18(19)24-21(25)23-14-16-10-11-22-20(13-16)26-2/h3-13H,14H2,1-2H3,(H2,23,24,25). The number of para-hydroxylation sites is 2. The number of amides is 2. The molecule has 0 bridgehead atoms. The van der Waals surface area contributed by atoms with Crippen LogP contribution in [0.25, 0.3) is 0 Å². The number of pyridine rings is 1. The number of nitrogens with zero attached hydrogens (tertiary/aromatic N) is 1. The highest BCUT2D eigenvalue weighted by Crippen LogP contribution is 2.29. The molecular formula is C21H21N3O3. The Morgan fingerprint density at radius 2 is 1.93 bits per heavy atom. The zero-order valence-electron chi connectivity index (χ0n) is 15.2. The van der Waals surface area contributed by atoms with Crippen LogP contribution in [0.2, 0.25) is 0 Å². The van der Waals surface area contributed by atoms with Crippen molar-refractivity contribution in [1.82, 2.24) is 10.3 Å². The maximum Gasteiger partial charge on any atom is 0.319 e. The second-order valence-corrected chi connectivity index (χ2v) is 5.93. The quantitative estimate of drug-likeness (QED) is 0.676. The van der Waals surface area contributed by atoms with Gasteiger partial charge in [-0.25, -0.2) is 9.78 Å². The van der Waals surface area contributed by atoms with E-state index in [-0.39, 0.29) is 6.03 Å². The van der Waals surface area contributed by atoms with Gasteiger partial charge in [0, 0.05) is 18.8 Å². The fourth-order valence-corrected chi connectivity index (χ4v) is 2.49. The molecule has 2 amide bonds. The lowest BCUT2D eigenvalue weighted by molar-refractivity contribution is 0.251. The van der Waals surface area contributed by atoms with Gasteiger partial charge in [0.2, 0.25) is 5.88 Å². The van der Waals surface area contributed by atoms with E-state index >= 15 is 0 Å². The van der Waals surface area contributed by atoms with Crippen LogP contribution in [0.15, 0.2) is 66.9 Å². The van der Waals surface area contributed by atoms with E-state index in [0.717, 1.165) is 11.1 Å². The Bertz CT molecular complexity index is 928. The van der Waals surface area contributed by atoms with Crippen LogP contribution in [0.1, 0.15) is 11.1 Å². The summed E-state index contributed by atoms with van der Waals surface area (Å²) in [5.41, 5.74) is 2.58. The molecule has 0 unspecified atom stereocenters. The molecule has 0 aliphatic heterocycles. The Morgan fingerprint density at radius 3 is 2.74 bits per heavy atom. The highest BCUT2D eigenvalue weighted by molar-refractivity contribution is 5.90. The molecule has 6 heteroatoms. The Kier molecular flexibility index (Phi) is 5.89. The molecule has 0 fully saturated rings. The maximum atomic E-state index is 12.3. The monoisotopic (exact) mass is 363 g/mol. The molecule has 0 saturated carbocycles. The molecule has 27 heavy (non-hydrogen) atoms. The fourth-order valence-electron chi connectivity index (χ4n) is 2.49. The highest BCUT2D eigenvalue weighted by Gasteiger charge is 2.09. The minimum absolute atomic E-state index is 0.328. The second-order valence-electron chi connectivity index (χ2n) is 5.93. The van der Waals surface area contributed by atoms with E-state index < -0.39 is 0 Å². The Labute approximate surface area is 158 Å². The third-order valence-electron chi connectivity index (χ3n) is 3.81. The van der Waals surface area contributed by atoms with Gasteiger partial charge in [-0.1, -0.05) is 24.3 Å². The zero-order valence-corrected chi connectivity index (χ0v) is 15.2. The van der Waals surface area contributed by atoms with Gasteiger partial charge in [-0.2, -0.15) is 0 Å². The number of ether oxygens (including phenoxy) is 2. The molecule has 6 nitrogen and oxygen atoms in total. The van der Waals surface area contributed by atoms with Crippen molar-refractivity contribution in [3.63, 3.8) is 0 Å². The third-order valence-corrected chi connectivity index (χ3v) is 3.81. The van der Waals surface area contributed by atoms with Crippen LogP contribution in [0.5, 0.6) is 17.4 Å². The van der Waals surface area contributed by atoms with E-state index in [1.54, 1.807) is 25.4 Å². The first-order valence-electron chi connectivity index (χ1n) is 8.51. The van der Waals surface area contributed by atoms with Gasteiger partial charge < -0.3 is 20.1 Å². The van der Waals surface area contributed by atoms with Gasteiger partial charge >= 0.3 is 6.03 Å². The number of carbonyl (C=O) groups excluding carboxylic acids is 1. The Hall–Kier alpha value is -3.54. The van der Waals surface area contributed by atoms with E-state index in [1.807, 2.05) is 55.5 Å². The number of rotatable bonds is 6. The SMILES string of the molecule is COc1cc(CNC(=O)Nc2ccccc2Oc2cccc(C)c2)ccn1. The fraction of sp³-hybridized carbons (Fsp3) is 0.143. The lowest BCUT2D eigenvalue weighted by atomic mass is 10.2. The summed E-state index contributed by atoms with van der Waals surface area (Å²) in [6.07, 6.45) is 1.64. The predicted molar refractivity (Wildman–Crippen MR) is 104 cm³/mol. The van der Waals surface area contributed by atoms with Crippen molar-refractivity contribution in [2.45, 2.75) is 13.5 Å². The van der Waals surface area contributed by atoms with Gasteiger partial charge in [-0.05, 0) is 48.4 Å². The molecule has 0 saturated heterocycles. The van der Waals surface area contributed by atoms with Crippen LogP contribution in [0.3, 0.4) is 0 Å². The normalized spacial score (nSPS) is 10.1. The van der Waals surface area contributed by atoms with Crippen molar-refractivity contribution in [2.24, 2.45) is 0 Å². The Balaban J connectivity index is 1.64. The van der Waals surface area contributed by atoms with Crippen LogP contribution < -0.4 is 20.1 Å². The van der Waals surface area contributed by atoms with Crippen LogP contribution in [-0.4, -0.2) is 18.1 Å². The summed E-state index contributed by atoms with van der Waals surface area (Å²) < 4.78 is 11.0. The molecule has 138 valence electrons. The molecule has 0 radical (unpaired) electrons. The van der Waals surface area contributed by atoms with Crippen LogP contribution >= 0.6 is 0 Å². The van der Waals surface area contributed by atoms with Crippen molar-refractivity contribution in [3.8, 4) is 17.4 Å². The summed E-state index contributed by atoms with van der Waals surface area (Å²) >= 11 is 0. The number of anilines is 1. The average molecular weight is 363 g/mol. The summed E-state index contributed by atoms with van der Waals surface area (Å²) in [6, 6.07) is 18.3. The molecule has 0 aliphatic carbocycles. The lowest BCUT2D eigenvalue weighted by Crippen LogP contribution is -2.28. The number of hydrogen-bond acceptors (Lipinski definition) is 4. The van der Waals surface area contributed by atoms with E-state index in [0.29, 0.717) is 29.6 Å². The minimum Gasteiger partial charge on any atom is -0.481 e. The summed E-state index contributed by atoms with van der Waals surface area (Å²) in [7, 11) is 1.55. The summed E-state index contributed by atoms with van der Waals surface area (Å²) in [5, 5.41) is 5.63. The minimum atomic E-state index is -0.328. The summed E-state index contributed by atoms with van der Waals surface area (Å²) in [5.74, 6) is 1.80. The van der Waals surface area contributed by atoms with Crippen molar-refractivity contribution in [1.29, 1.82) is 0 Å². The molecule has 1 aromatic heterocycles. The van der Waals surface area contributed by atoms with E-state index in [1.165, 1.54) is 0 Å². The molecule has 2 aromatic carbocycles. The second kappa shape index (κ2) is 8.71. The summed E-state index contributed by atoms with van der Waals surface area (Å²) in [4.78, 5) is 16.3. The molecule has 3 rings (SSSR count). The number of nitrogens with one attached hydrogen (secondary N) is 2. The van der Waals surface area contributed by atoms with Crippen molar-refractivity contribution in [3.05, 3.63) is 78.0 Å². The predicted octanol–water partition coefficient (Wildman–Crippen LogP) is 4.51. The van der Waals surface area contributed by atoms with E-state index in [2.05, 4.69) is 15.6 Å². The first-order valence-corrected chi connectivity index (χ1v) is 8.51. The molecule has 1 heterocycles. The van der Waals surface area contributed by atoms with Gasteiger partial charge in [0.1, 0.15) is 5.75 Å². The lowest BCUT2D eigenvalue weighted by Gasteiger charge is -2.13. The molecule has 2 N–H and O–H groups in total. The van der Waals surface area contributed by atoms with Crippen LogP contribution in [0, 0.1) is 6.92 Å². The molecule has 3 aromatic rings. The highest BCUT2D eigenvalue weighted by atomic mass is 16.5. The first kappa shape index (κ1) is 18.3. The van der Waals surface area contributed by atoms with Crippen molar-refractivity contribution in [2.75, 3.05) is 12.4 Å². The number of aromatic nitrogens is 1. The first-order chi connectivity index (χ1) is 13.1. The smallest absolute Gasteiger partial charge is 0.319 e. The number of methoxy groups -OCH3 is 1. The van der Waals surface area contributed by atoms with Gasteiger partial charge in [0.15, 0.2) is 5.75 Å². The summed E-state index contributed by atoms with van der Waals surface area (Å²) in [6.45, 7) is 2.35. The maximum absolute atomic E-state index is 12.3. The zero-order chi connectivity index (χ0) is 19.1. The van der Waals surface area contributed by atoms with Crippen molar-refractivity contribution >= 4 is 11.7 Å². The van der Waals surface area contributed by atoms with E-state index in [4.69, 9.17) is 9.47 Å². The van der Waals surface area contributed by atoms with Gasteiger partial charge in [-0.15, -0.1) is 0 Å². The van der Waals surface area contributed by atoms with E-state index in [9.17, 15) is 4.79 Å². The third kappa shape index (κ3) is 5.22. The van der Waals surface area contributed by atoms with Crippen LogP contribution in [0.4, 0.5) is 10.5 Å². The van der Waals surface area contributed by atoms with Crippen molar-refractivity contribution < 1.29 is 14.3 Å². The number of benzene rings is 2. The molecule has 0 aliphatic rings. The number of aryl methyl sites for hydroxylation is 1. The van der Waals surface area contributed by atoms with Gasteiger partial charge in [-0.3, -0.25) is 0 Å². The molecular weight excluding hydrogens is 342 g/mol.